The quantitative estimate of drug-likeness (QED) is 0.890. The number of rotatable bonds is 5. The summed E-state index contributed by atoms with van der Waals surface area (Å²) in [6, 6.07) is 10.8. The van der Waals surface area contributed by atoms with Gasteiger partial charge in [0.2, 0.25) is 5.91 Å². The van der Waals surface area contributed by atoms with Crippen molar-refractivity contribution in [3.05, 3.63) is 54.1 Å². The van der Waals surface area contributed by atoms with E-state index in [1.807, 2.05) is 29.2 Å². The number of carbonyl (C=O) groups excluding carboxylic acids is 1. The molecule has 1 aliphatic rings. The molecule has 5 nitrogen and oxygen atoms in total. The van der Waals surface area contributed by atoms with E-state index in [1.165, 1.54) is 0 Å². The van der Waals surface area contributed by atoms with Crippen LogP contribution in [0.15, 0.2) is 42.5 Å². The number of nitrogens with one attached hydrogen (secondary N) is 1. The minimum atomic E-state index is -0.714. The molecule has 0 unspecified atom stereocenters. The molecule has 0 spiro atoms. The zero-order chi connectivity index (χ0) is 18.5. The zero-order valence-corrected chi connectivity index (χ0v) is 14.5. The van der Waals surface area contributed by atoms with E-state index < -0.39 is 11.6 Å². The standard InChI is InChI=1S/C19H21F2N3O2/c1-26-18-4-2-17(3-5-18)24-8-6-23(7-9-24)13-19(25)22-16-11-14(20)10-15(21)12-16/h2-5,10-12H,6-9,13H2,1H3,(H,22,25). The molecule has 1 aliphatic heterocycles. The fourth-order valence-corrected chi connectivity index (χ4v) is 2.99. The molecule has 0 saturated carbocycles. The van der Waals surface area contributed by atoms with Crippen molar-refractivity contribution in [3.8, 4) is 5.75 Å². The molecule has 0 aliphatic carbocycles. The molecule has 0 atom stereocenters. The van der Waals surface area contributed by atoms with E-state index in [0.717, 1.165) is 55.8 Å². The molecule has 0 radical (unpaired) electrons. The zero-order valence-electron chi connectivity index (χ0n) is 14.5. The van der Waals surface area contributed by atoms with Crippen molar-refractivity contribution in [1.29, 1.82) is 0 Å². The van der Waals surface area contributed by atoms with Crippen molar-refractivity contribution < 1.29 is 18.3 Å². The van der Waals surface area contributed by atoms with E-state index in [-0.39, 0.29) is 18.1 Å². The van der Waals surface area contributed by atoms with Gasteiger partial charge in [0.05, 0.1) is 13.7 Å². The lowest BCUT2D eigenvalue weighted by Gasteiger charge is -2.35. The fraction of sp³-hybridized carbons (Fsp3) is 0.316. The Hall–Kier alpha value is -2.67. The number of benzene rings is 2. The Morgan fingerprint density at radius 3 is 2.23 bits per heavy atom. The average molecular weight is 361 g/mol. The lowest BCUT2D eigenvalue weighted by molar-refractivity contribution is -0.117. The van der Waals surface area contributed by atoms with Crippen LogP contribution in [0.3, 0.4) is 0 Å². The van der Waals surface area contributed by atoms with Crippen LogP contribution in [-0.4, -0.2) is 50.6 Å². The minimum absolute atomic E-state index is 0.129. The van der Waals surface area contributed by atoms with Gasteiger partial charge >= 0.3 is 0 Å². The van der Waals surface area contributed by atoms with Crippen molar-refractivity contribution in [2.45, 2.75) is 0 Å². The molecule has 1 fully saturated rings. The largest absolute Gasteiger partial charge is 0.497 e. The summed E-state index contributed by atoms with van der Waals surface area (Å²) in [5.74, 6) is -0.896. The SMILES string of the molecule is COc1ccc(N2CCN(CC(=O)Nc3cc(F)cc(F)c3)CC2)cc1. The van der Waals surface area contributed by atoms with Crippen molar-refractivity contribution in [2.24, 2.45) is 0 Å². The highest BCUT2D eigenvalue weighted by Gasteiger charge is 2.19. The second-order valence-electron chi connectivity index (χ2n) is 6.17. The monoisotopic (exact) mass is 361 g/mol. The Kier molecular flexibility index (Phi) is 5.68. The number of anilines is 2. The molecule has 7 heteroatoms. The molecular formula is C19H21F2N3O2. The first-order chi connectivity index (χ1) is 12.5. The molecule has 26 heavy (non-hydrogen) atoms. The van der Waals surface area contributed by atoms with Crippen molar-refractivity contribution in [2.75, 3.05) is 50.1 Å². The first kappa shape index (κ1) is 18.1. The number of hydrogen-bond donors (Lipinski definition) is 1. The van der Waals surface area contributed by atoms with E-state index in [2.05, 4.69) is 10.2 Å². The number of amides is 1. The van der Waals surface area contributed by atoms with Crippen LogP contribution in [0.5, 0.6) is 5.75 Å². The van der Waals surface area contributed by atoms with Crippen molar-refractivity contribution in [3.63, 3.8) is 0 Å². The van der Waals surface area contributed by atoms with Crippen LogP contribution < -0.4 is 15.0 Å². The first-order valence-electron chi connectivity index (χ1n) is 8.41. The second kappa shape index (κ2) is 8.14. The lowest BCUT2D eigenvalue weighted by atomic mass is 10.2. The van der Waals surface area contributed by atoms with Gasteiger partial charge in [-0.05, 0) is 36.4 Å². The van der Waals surface area contributed by atoms with Crippen LogP contribution in [0.25, 0.3) is 0 Å². The van der Waals surface area contributed by atoms with Gasteiger partial charge in [0.1, 0.15) is 17.4 Å². The topological polar surface area (TPSA) is 44.8 Å². The van der Waals surface area contributed by atoms with E-state index >= 15 is 0 Å². The van der Waals surface area contributed by atoms with Gasteiger partial charge in [-0.15, -0.1) is 0 Å². The molecule has 1 heterocycles. The van der Waals surface area contributed by atoms with Crippen LogP contribution in [0.1, 0.15) is 0 Å². The molecule has 138 valence electrons. The van der Waals surface area contributed by atoms with Crippen LogP contribution in [0.2, 0.25) is 0 Å². The highest BCUT2D eigenvalue weighted by molar-refractivity contribution is 5.92. The minimum Gasteiger partial charge on any atom is -0.497 e. The summed E-state index contributed by atoms with van der Waals surface area (Å²) in [7, 11) is 1.64. The molecular weight excluding hydrogens is 340 g/mol. The molecule has 3 rings (SSSR count). The van der Waals surface area contributed by atoms with E-state index in [1.54, 1.807) is 7.11 Å². The molecule has 1 saturated heterocycles. The van der Waals surface area contributed by atoms with Gasteiger partial charge < -0.3 is 15.0 Å². The van der Waals surface area contributed by atoms with Gasteiger partial charge in [-0.3, -0.25) is 9.69 Å². The second-order valence-corrected chi connectivity index (χ2v) is 6.17. The van der Waals surface area contributed by atoms with Crippen LogP contribution in [0, 0.1) is 11.6 Å². The molecule has 1 amide bonds. The summed E-state index contributed by atoms with van der Waals surface area (Å²) in [5.41, 5.74) is 1.24. The number of ether oxygens (including phenoxy) is 1. The Balaban J connectivity index is 1.49. The third-order valence-corrected chi connectivity index (χ3v) is 4.32. The number of carbonyl (C=O) groups is 1. The van der Waals surface area contributed by atoms with E-state index in [9.17, 15) is 13.6 Å². The van der Waals surface area contributed by atoms with E-state index in [0.29, 0.717) is 0 Å². The lowest BCUT2D eigenvalue weighted by Crippen LogP contribution is -2.48. The molecule has 0 aromatic heterocycles. The predicted molar refractivity (Wildman–Crippen MR) is 96.6 cm³/mol. The molecule has 2 aromatic carbocycles. The van der Waals surface area contributed by atoms with Crippen molar-refractivity contribution in [1.82, 2.24) is 4.90 Å². The maximum Gasteiger partial charge on any atom is 0.238 e. The summed E-state index contributed by atoms with van der Waals surface area (Å²) >= 11 is 0. The highest BCUT2D eigenvalue weighted by atomic mass is 19.1. The average Bonchev–Trinajstić information content (AvgIpc) is 2.61. The summed E-state index contributed by atoms with van der Waals surface area (Å²) in [6.45, 7) is 3.25. The normalized spacial score (nSPS) is 15.0. The number of methoxy groups -OCH3 is 1. The number of hydrogen-bond acceptors (Lipinski definition) is 4. The molecule has 2 aromatic rings. The summed E-state index contributed by atoms with van der Waals surface area (Å²) < 4.78 is 31.5. The summed E-state index contributed by atoms with van der Waals surface area (Å²) in [6.07, 6.45) is 0. The van der Waals surface area contributed by atoms with Crippen LogP contribution in [-0.2, 0) is 4.79 Å². The Morgan fingerprint density at radius 2 is 1.65 bits per heavy atom. The Morgan fingerprint density at radius 1 is 1.04 bits per heavy atom. The van der Waals surface area contributed by atoms with Crippen LogP contribution >= 0.6 is 0 Å². The maximum absolute atomic E-state index is 13.2. The Labute approximate surface area is 151 Å². The smallest absolute Gasteiger partial charge is 0.238 e. The predicted octanol–water partition coefficient (Wildman–Crippen LogP) is 2.73. The highest BCUT2D eigenvalue weighted by Crippen LogP contribution is 2.20. The van der Waals surface area contributed by atoms with Gasteiger partial charge in [-0.1, -0.05) is 0 Å². The van der Waals surface area contributed by atoms with Gasteiger partial charge in [0.25, 0.3) is 0 Å². The maximum atomic E-state index is 13.2. The Bertz CT molecular complexity index is 740. The summed E-state index contributed by atoms with van der Waals surface area (Å²) in [4.78, 5) is 16.4. The van der Waals surface area contributed by atoms with Gasteiger partial charge in [0, 0.05) is 43.6 Å². The molecule has 0 bridgehead atoms. The van der Waals surface area contributed by atoms with Gasteiger partial charge in [-0.2, -0.15) is 0 Å². The fourth-order valence-electron chi connectivity index (χ4n) is 2.99. The van der Waals surface area contributed by atoms with Gasteiger partial charge in [0.15, 0.2) is 0 Å². The van der Waals surface area contributed by atoms with Gasteiger partial charge in [-0.25, -0.2) is 8.78 Å². The number of nitrogens with zero attached hydrogens (tertiary/aromatic N) is 2. The summed E-state index contributed by atoms with van der Waals surface area (Å²) in [5, 5.41) is 2.54. The van der Waals surface area contributed by atoms with E-state index in [4.69, 9.17) is 4.74 Å². The van der Waals surface area contributed by atoms with Crippen molar-refractivity contribution >= 4 is 17.3 Å². The number of piperazine rings is 1. The van der Waals surface area contributed by atoms with Crippen LogP contribution in [0.4, 0.5) is 20.2 Å². The first-order valence-corrected chi connectivity index (χ1v) is 8.41. The number of halogens is 2. The third-order valence-electron chi connectivity index (χ3n) is 4.32. The third kappa shape index (κ3) is 4.70. The molecule has 1 N–H and O–H groups in total.